The first-order chi connectivity index (χ1) is 11.1. The summed E-state index contributed by atoms with van der Waals surface area (Å²) < 4.78 is 0. The number of carbonyl (C=O) groups is 1. The van der Waals surface area contributed by atoms with Gasteiger partial charge in [-0.25, -0.2) is 0 Å². The largest absolute Gasteiger partial charge is 0.335 e. The van der Waals surface area contributed by atoms with Crippen LogP contribution >= 0.6 is 12.4 Å². The van der Waals surface area contributed by atoms with E-state index in [4.69, 9.17) is 5.73 Å². The molecule has 0 saturated heterocycles. The lowest BCUT2D eigenvalue weighted by atomic mass is 9.94. The van der Waals surface area contributed by atoms with Crippen molar-refractivity contribution < 1.29 is 4.79 Å². The molecular weight excluding hydrogens is 320 g/mol. The average Bonchev–Trinajstić information content (AvgIpc) is 3.28. The van der Waals surface area contributed by atoms with Gasteiger partial charge >= 0.3 is 0 Å². The van der Waals surface area contributed by atoms with Gasteiger partial charge in [-0.15, -0.1) is 12.4 Å². The molecule has 0 spiro atoms. The van der Waals surface area contributed by atoms with Gasteiger partial charge in [0.2, 0.25) is 5.91 Å². The molecule has 134 valence electrons. The van der Waals surface area contributed by atoms with Crippen LogP contribution in [0.2, 0.25) is 0 Å². The number of benzene rings is 1. The van der Waals surface area contributed by atoms with Crippen molar-refractivity contribution in [3.8, 4) is 0 Å². The van der Waals surface area contributed by atoms with E-state index in [0.29, 0.717) is 30.3 Å². The quantitative estimate of drug-likeness (QED) is 0.839. The molecule has 24 heavy (non-hydrogen) atoms. The monoisotopic (exact) mass is 350 g/mol. The minimum atomic E-state index is 0. The van der Waals surface area contributed by atoms with Crippen LogP contribution in [0.4, 0.5) is 0 Å². The Kier molecular flexibility index (Phi) is 6.70. The fourth-order valence-electron chi connectivity index (χ4n) is 3.83. The highest BCUT2D eigenvalue weighted by molar-refractivity contribution is 5.85. The lowest BCUT2D eigenvalue weighted by molar-refractivity contribution is -0.137. The predicted octanol–water partition coefficient (Wildman–Crippen LogP) is 4.10. The predicted molar refractivity (Wildman–Crippen MR) is 101 cm³/mol. The van der Waals surface area contributed by atoms with E-state index in [1.807, 2.05) is 0 Å². The van der Waals surface area contributed by atoms with Crippen LogP contribution in [-0.2, 0) is 11.3 Å². The molecule has 3 nitrogen and oxygen atoms in total. The molecule has 0 unspecified atom stereocenters. The van der Waals surface area contributed by atoms with Gasteiger partial charge in [-0.3, -0.25) is 4.79 Å². The standard InChI is InChI=1S/C20H30N2O.ClH/c1-14(2)16-8-6-15(7-9-16)13-22(18-10-11-18)20(23)19-5-3-4-17(19)12-21;/h6-9,14,17-19H,3-5,10-13,21H2,1-2H3;1H/t17-,19-;/m1./s1. The molecule has 0 radical (unpaired) electrons. The number of rotatable bonds is 6. The van der Waals surface area contributed by atoms with Crippen molar-refractivity contribution >= 4 is 18.3 Å². The van der Waals surface area contributed by atoms with E-state index in [9.17, 15) is 4.79 Å². The minimum absolute atomic E-state index is 0. The molecule has 1 aromatic carbocycles. The van der Waals surface area contributed by atoms with Crippen LogP contribution in [0.15, 0.2) is 24.3 Å². The second-order valence-electron chi connectivity index (χ2n) is 7.63. The van der Waals surface area contributed by atoms with Crippen LogP contribution < -0.4 is 5.73 Å². The first-order valence-electron chi connectivity index (χ1n) is 9.19. The fourth-order valence-corrected chi connectivity index (χ4v) is 3.83. The summed E-state index contributed by atoms with van der Waals surface area (Å²) in [6.45, 7) is 5.83. The van der Waals surface area contributed by atoms with Gasteiger partial charge in [-0.1, -0.05) is 44.5 Å². The number of nitrogens with zero attached hydrogens (tertiary/aromatic N) is 1. The van der Waals surface area contributed by atoms with Gasteiger partial charge in [0.05, 0.1) is 0 Å². The smallest absolute Gasteiger partial charge is 0.226 e. The Labute approximate surface area is 152 Å². The van der Waals surface area contributed by atoms with Crippen molar-refractivity contribution in [3.63, 3.8) is 0 Å². The molecule has 2 saturated carbocycles. The van der Waals surface area contributed by atoms with Crippen molar-refractivity contribution in [1.29, 1.82) is 0 Å². The molecule has 2 aliphatic rings. The van der Waals surface area contributed by atoms with Crippen LogP contribution in [0.25, 0.3) is 0 Å². The van der Waals surface area contributed by atoms with Gasteiger partial charge in [0.15, 0.2) is 0 Å². The molecule has 0 heterocycles. The third-order valence-electron chi connectivity index (χ3n) is 5.55. The number of amides is 1. The first-order valence-corrected chi connectivity index (χ1v) is 9.19. The zero-order valence-corrected chi connectivity index (χ0v) is 15.7. The lowest BCUT2D eigenvalue weighted by Gasteiger charge is -2.28. The molecule has 0 aliphatic heterocycles. The molecule has 1 amide bonds. The Hall–Kier alpha value is -1.06. The Morgan fingerprint density at radius 1 is 1.17 bits per heavy atom. The van der Waals surface area contributed by atoms with Crippen molar-refractivity contribution in [2.24, 2.45) is 17.6 Å². The van der Waals surface area contributed by atoms with Crippen LogP contribution in [0.5, 0.6) is 0 Å². The zero-order valence-electron chi connectivity index (χ0n) is 14.9. The summed E-state index contributed by atoms with van der Waals surface area (Å²) in [5.41, 5.74) is 8.49. The molecule has 2 aliphatic carbocycles. The summed E-state index contributed by atoms with van der Waals surface area (Å²) in [4.78, 5) is 15.2. The molecule has 2 fully saturated rings. The third-order valence-corrected chi connectivity index (χ3v) is 5.55. The number of hydrogen-bond acceptors (Lipinski definition) is 2. The second-order valence-corrected chi connectivity index (χ2v) is 7.63. The molecule has 4 heteroatoms. The molecule has 2 N–H and O–H groups in total. The lowest BCUT2D eigenvalue weighted by Crippen LogP contribution is -2.40. The van der Waals surface area contributed by atoms with Crippen LogP contribution in [-0.4, -0.2) is 23.4 Å². The molecule has 2 atom stereocenters. The van der Waals surface area contributed by atoms with E-state index >= 15 is 0 Å². The van der Waals surface area contributed by atoms with E-state index in [-0.39, 0.29) is 18.3 Å². The molecule has 0 aromatic heterocycles. The molecule has 0 bridgehead atoms. The van der Waals surface area contributed by atoms with Crippen molar-refractivity contribution in [3.05, 3.63) is 35.4 Å². The Morgan fingerprint density at radius 3 is 2.38 bits per heavy atom. The average molecular weight is 351 g/mol. The van der Waals surface area contributed by atoms with E-state index in [1.54, 1.807) is 0 Å². The Balaban J connectivity index is 0.00000208. The summed E-state index contributed by atoms with van der Waals surface area (Å²) in [6.07, 6.45) is 5.62. The van der Waals surface area contributed by atoms with Crippen molar-refractivity contribution in [2.45, 2.75) is 64.5 Å². The Bertz CT molecular complexity index is 539. The Morgan fingerprint density at radius 2 is 1.83 bits per heavy atom. The van der Waals surface area contributed by atoms with Crippen LogP contribution in [0, 0.1) is 11.8 Å². The van der Waals surface area contributed by atoms with Gasteiger partial charge in [0.25, 0.3) is 0 Å². The maximum Gasteiger partial charge on any atom is 0.226 e. The fraction of sp³-hybridized carbons (Fsp3) is 0.650. The van der Waals surface area contributed by atoms with E-state index in [0.717, 1.165) is 38.6 Å². The number of carbonyl (C=O) groups excluding carboxylic acids is 1. The highest BCUT2D eigenvalue weighted by atomic mass is 35.5. The van der Waals surface area contributed by atoms with Gasteiger partial charge in [0.1, 0.15) is 0 Å². The normalized spacial score (nSPS) is 23.2. The molecular formula is C20H31ClN2O. The highest BCUT2D eigenvalue weighted by Gasteiger charge is 2.40. The second kappa shape index (κ2) is 8.35. The highest BCUT2D eigenvalue weighted by Crippen LogP contribution is 2.36. The van der Waals surface area contributed by atoms with E-state index in [2.05, 4.69) is 43.0 Å². The molecule has 1 aromatic rings. The zero-order chi connectivity index (χ0) is 16.4. The van der Waals surface area contributed by atoms with Gasteiger partial charge in [-0.2, -0.15) is 0 Å². The number of halogens is 1. The number of nitrogens with two attached hydrogens (primary N) is 1. The van der Waals surface area contributed by atoms with Gasteiger partial charge in [0, 0.05) is 18.5 Å². The summed E-state index contributed by atoms with van der Waals surface area (Å²) >= 11 is 0. The van der Waals surface area contributed by atoms with Crippen LogP contribution in [0.3, 0.4) is 0 Å². The summed E-state index contributed by atoms with van der Waals surface area (Å²) in [7, 11) is 0. The molecule has 3 rings (SSSR count). The summed E-state index contributed by atoms with van der Waals surface area (Å²) in [5, 5.41) is 0. The minimum Gasteiger partial charge on any atom is -0.335 e. The van der Waals surface area contributed by atoms with Gasteiger partial charge < -0.3 is 10.6 Å². The van der Waals surface area contributed by atoms with E-state index < -0.39 is 0 Å². The van der Waals surface area contributed by atoms with E-state index in [1.165, 1.54) is 11.1 Å². The summed E-state index contributed by atoms with van der Waals surface area (Å²) in [6, 6.07) is 9.24. The maximum atomic E-state index is 13.0. The van der Waals surface area contributed by atoms with Crippen LogP contribution in [0.1, 0.15) is 63.0 Å². The maximum absolute atomic E-state index is 13.0. The van der Waals surface area contributed by atoms with Crippen molar-refractivity contribution in [2.75, 3.05) is 6.54 Å². The first kappa shape index (κ1) is 19.3. The summed E-state index contributed by atoms with van der Waals surface area (Å²) in [5.74, 6) is 1.46. The van der Waals surface area contributed by atoms with Crippen molar-refractivity contribution in [1.82, 2.24) is 4.90 Å². The third kappa shape index (κ3) is 4.31. The topological polar surface area (TPSA) is 46.3 Å². The number of hydrogen-bond donors (Lipinski definition) is 1. The SMILES string of the molecule is CC(C)c1ccc(CN(C(=O)[C@@H]2CCC[C@@H]2CN)C2CC2)cc1.Cl. The van der Waals surface area contributed by atoms with Gasteiger partial charge in [-0.05, 0) is 55.2 Å².